The van der Waals surface area contributed by atoms with Gasteiger partial charge in [0.2, 0.25) is 10.0 Å². The third-order valence-corrected chi connectivity index (χ3v) is 4.82. The molecular formula is C11H19N3O4S. The maximum Gasteiger partial charge on any atom is 0.441 e. The van der Waals surface area contributed by atoms with Gasteiger partial charge in [0.15, 0.2) is 5.82 Å². The van der Waals surface area contributed by atoms with E-state index in [9.17, 15) is 13.2 Å². The van der Waals surface area contributed by atoms with Crippen LogP contribution >= 0.6 is 0 Å². The van der Waals surface area contributed by atoms with Crippen molar-refractivity contribution in [3.8, 4) is 0 Å². The van der Waals surface area contributed by atoms with E-state index in [1.807, 2.05) is 6.92 Å². The van der Waals surface area contributed by atoms with Crippen molar-refractivity contribution >= 4 is 10.0 Å². The maximum atomic E-state index is 11.7. The van der Waals surface area contributed by atoms with Crippen molar-refractivity contribution in [3.63, 3.8) is 0 Å². The van der Waals surface area contributed by atoms with Gasteiger partial charge in [-0.15, -0.1) is 0 Å². The summed E-state index contributed by atoms with van der Waals surface area (Å²) in [5, 5.41) is 3.75. The normalized spacial score (nSPS) is 19.9. The monoisotopic (exact) mass is 289 g/mol. The molecule has 1 unspecified atom stereocenters. The zero-order valence-corrected chi connectivity index (χ0v) is 11.8. The largest absolute Gasteiger partial charge is 0.441 e. The van der Waals surface area contributed by atoms with Crippen molar-refractivity contribution in [2.75, 3.05) is 12.3 Å². The van der Waals surface area contributed by atoms with Gasteiger partial charge >= 0.3 is 5.76 Å². The second kappa shape index (κ2) is 5.87. The minimum Gasteiger partial charge on any atom is -0.296 e. The molecule has 0 amide bonds. The maximum absolute atomic E-state index is 11.7. The molecule has 1 atom stereocenters. The van der Waals surface area contributed by atoms with Gasteiger partial charge in [0.05, 0.1) is 11.8 Å². The summed E-state index contributed by atoms with van der Waals surface area (Å²) in [5.41, 5.74) is 0. The number of aromatic nitrogens is 2. The molecule has 0 bridgehead atoms. The van der Waals surface area contributed by atoms with Gasteiger partial charge in [-0.25, -0.2) is 17.9 Å². The van der Waals surface area contributed by atoms with Crippen LogP contribution in [-0.4, -0.2) is 30.4 Å². The predicted molar refractivity (Wildman–Crippen MR) is 69.4 cm³/mol. The first kappa shape index (κ1) is 14.3. The Kier molecular flexibility index (Phi) is 4.41. The predicted octanol–water partition coefficient (Wildman–Crippen LogP) is 0.433. The lowest BCUT2D eigenvalue weighted by atomic mass is 10.1. The van der Waals surface area contributed by atoms with Gasteiger partial charge in [0.1, 0.15) is 0 Å². The molecule has 2 rings (SSSR count). The standard InChI is InChI=1S/C11H19N3O4S/c1-2-7-19(16,17)12-8-9-5-3-4-6-10-13-18-11(15)14(9)10/h9,12H,2-8H2,1H3. The lowest BCUT2D eigenvalue weighted by Gasteiger charge is -2.16. The van der Waals surface area contributed by atoms with Gasteiger partial charge in [-0.2, -0.15) is 0 Å². The quantitative estimate of drug-likeness (QED) is 0.848. The van der Waals surface area contributed by atoms with E-state index in [0.29, 0.717) is 18.7 Å². The molecule has 8 heteroatoms. The lowest BCUT2D eigenvalue weighted by molar-refractivity contribution is 0.352. The third kappa shape index (κ3) is 3.44. The molecule has 0 aromatic carbocycles. The average Bonchev–Trinajstić information content (AvgIpc) is 2.60. The van der Waals surface area contributed by atoms with Crippen LogP contribution in [0.5, 0.6) is 0 Å². The van der Waals surface area contributed by atoms with Crippen LogP contribution in [-0.2, 0) is 16.4 Å². The van der Waals surface area contributed by atoms with E-state index >= 15 is 0 Å². The molecule has 19 heavy (non-hydrogen) atoms. The second-order valence-electron chi connectivity index (χ2n) is 4.80. The summed E-state index contributed by atoms with van der Waals surface area (Å²) < 4.78 is 32.0. The summed E-state index contributed by atoms with van der Waals surface area (Å²) in [4.78, 5) is 11.6. The van der Waals surface area contributed by atoms with Crippen molar-refractivity contribution in [3.05, 3.63) is 16.4 Å². The fourth-order valence-corrected chi connectivity index (χ4v) is 3.49. The summed E-state index contributed by atoms with van der Waals surface area (Å²) in [6.45, 7) is 2.03. The highest BCUT2D eigenvalue weighted by Crippen LogP contribution is 2.20. The van der Waals surface area contributed by atoms with Crippen LogP contribution in [0.3, 0.4) is 0 Å². The molecule has 1 aliphatic rings. The molecule has 0 spiro atoms. The van der Waals surface area contributed by atoms with E-state index < -0.39 is 15.8 Å². The van der Waals surface area contributed by atoms with E-state index in [2.05, 4.69) is 14.4 Å². The smallest absolute Gasteiger partial charge is 0.296 e. The molecule has 1 N–H and O–H groups in total. The van der Waals surface area contributed by atoms with Crippen LogP contribution in [0.25, 0.3) is 0 Å². The molecule has 1 aromatic heterocycles. The van der Waals surface area contributed by atoms with E-state index in [-0.39, 0.29) is 18.3 Å². The average molecular weight is 289 g/mol. The molecule has 0 fully saturated rings. The minimum atomic E-state index is -3.26. The second-order valence-corrected chi connectivity index (χ2v) is 6.73. The zero-order valence-electron chi connectivity index (χ0n) is 11.0. The molecule has 0 saturated heterocycles. The minimum absolute atomic E-state index is 0.102. The summed E-state index contributed by atoms with van der Waals surface area (Å²) in [6, 6.07) is -0.206. The Hall–Kier alpha value is -1.15. The first-order valence-corrected chi connectivity index (χ1v) is 8.23. The highest BCUT2D eigenvalue weighted by Gasteiger charge is 2.24. The molecule has 2 heterocycles. The summed E-state index contributed by atoms with van der Waals surface area (Å²) in [5.74, 6) is 0.212. The fourth-order valence-electron chi connectivity index (χ4n) is 2.36. The number of hydrogen-bond donors (Lipinski definition) is 1. The first-order chi connectivity index (χ1) is 9.03. The Morgan fingerprint density at radius 2 is 2.26 bits per heavy atom. The number of nitrogens with one attached hydrogen (secondary N) is 1. The van der Waals surface area contributed by atoms with Gasteiger partial charge in [0, 0.05) is 13.0 Å². The van der Waals surface area contributed by atoms with Crippen molar-refractivity contribution < 1.29 is 12.9 Å². The lowest BCUT2D eigenvalue weighted by Crippen LogP contribution is -2.35. The molecule has 108 valence electrons. The Labute approximate surface area is 112 Å². The number of hydrogen-bond acceptors (Lipinski definition) is 5. The van der Waals surface area contributed by atoms with E-state index in [4.69, 9.17) is 0 Å². The van der Waals surface area contributed by atoms with Crippen LogP contribution in [0.15, 0.2) is 9.32 Å². The highest BCUT2D eigenvalue weighted by molar-refractivity contribution is 7.89. The van der Waals surface area contributed by atoms with Gasteiger partial charge in [-0.05, 0) is 19.3 Å². The summed E-state index contributed by atoms with van der Waals surface area (Å²) >= 11 is 0. The van der Waals surface area contributed by atoms with E-state index in [1.54, 1.807) is 0 Å². The van der Waals surface area contributed by atoms with Gasteiger partial charge in [-0.1, -0.05) is 18.5 Å². The fraction of sp³-hybridized carbons (Fsp3) is 0.818. The van der Waals surface area contributed by atoms with E-state index in [0.717, 1.165) is 19.3 Å². The Morgan fingerprint density at radius 3 is 3.00 bits per heavy atom. The molecule has 7 nitrogen and oxygen atoms in total. The van der Waals surface area contributed by atoms with Crippen molar-refractivity contribution in [2.24, 2.45) is 0 Å². The SMILES string of the molecule is CCCS(=O)(=O)NCC1CCCCc2noc(=O)n21. The molecule has 0 aliphatic carbocycles. The highest BCUT2D eigenvalue weighted by atomic mass is 32.2. The molecule has 0 radical (unpaired) electrons. The Balaban J connectivity index is 2.12. The van der Waals surface area contributed by atoms with Crippen LogP contribution in [0.4, 0.5) is 0 Å². The Bertz CT molecular complexity index is 575. The molecule has 0 saturated carbocycles. The zero-order chi connectivity index (χ0) is 13.9. The number of sulfonamides is 1. The number of rotatable bonds is 5. The van der Waals surface area contributed by atoms with Crippen LogP contribution < -0.4 is 10.5 Å². The van der Waals surface area contributed by atoms with Gasteiger partial charge in [0.25, 0.3) is 0 Å². The summed E-state index contributed by atoms with van der Waals surface area (Å²) in [6.07, 6.45) is 3.90. The molecule has 1 aliphatic heterocycles. The number of aryl methyl sites for hydroxylation is 1. The summed E-state index contributed by atoms with van der Waals surface area (Å²) in [7, 11) is -3.26. The molecule has 1 aromatic rings. The van der Waals surface area contributed by atoms with Crippen LogP contribution in [0, 0.1) is 0 Å². The number of fused-ring (bicyclic) bond motifs is 1. The van der Waals surface area contributed by atoms with E-state index in [1.165, 1.54) is 4.57 Å². The number of nitrogens with zero attached hydrogens (tertiary/aromatic N) is 2. The van der Waals surface area contributed by atoms with Crippen molar-refractivity contribution in [2.45, 2.75) is 45.1 Å². The van der Waals surface area contributed by atoms with Crippen molar-refractivity contribution in [1.29, 1.82) is 0 Å². The third-order valence-electron chi connectivity index (χ3n) is 3.27. The van der Waals surface area contributed by atoms with Gasteiger partial charge < -0.3 is 0 Å². The topological polar surface area (TPSA) is 94.2 Å². The van der Waals surface area contributed by atoms with Crippen LogP contribution in [0.2, 0.25) is 0 Å². The van der Waals surface area contributed by atoms with Crippen molar-refractivity contribution in [1.82, 2.24) is 14.4 Å². The van der Waals surface area contributed by atoms with Gasteiger partial charge in [-0.3, -0.25) is 9.09 Å². The Morgan fingerprint density at radius 1 is 1.47 bits per heavy atom. The molecular weight excluding hydrogens is 270 g/mol. The first-order valence-electron chi connectivity index (χ1n) is 6.58. The van der Waals surface area contributed by atoms with Crippen LogP contribution in [0.1, 0.15) is 44.5 Å².